The monoisotopic (exact) mass is 463 g/mol. The van der Waals surface area contributed by atoms with Crippen LogP contribution in [0, 0.1) is 0 Å². The summed E-state index contributed by atoms with van der Waals surface area (Å²) in [5.41, 5.74) is 9.61. The van der Waals surface area contributed by atoms with Gasteiger partial charge in [0.15, 0.2) is 11.5 Å². The van der Waals surface area contributed by atoms with Gasteiger partial charge >= 0.3 is 0 Å². The van der Waals surface area contributed by atoms with Crippen molar-refractivity contribution in [3.05, 3.63) is 47.5 Å². The molecule has 0 amide bonds. The summed E-state index contributed by atoms with van der Waals surface area (Å²) in [6, 6.07) is 12.8. The van der Waals surface area contributed by atoms with Crippen molar-refractivity contribution < 1.29 is 9.47 Å². The molecule has 0 bridgehead atoms. The number of piperidine rings is 1. The van der Waals surface area contributed by atoms with Gasteiger partial charge in [-0.25, -0.2) is 4.98 Å². The molecule has 7 heteroatoms. The number of hydrogen-bond acceptors (Lipinski definition) is 7. The molecule has 3 aromatic rings. The Labute approximate surface area is 202 Å². The number of rotatable bonds is 9. The predicted octanol–water partition coefficient (Wildman–Crippen LogP) is 4.65. The van der Waals surface area contributed by atoms with Gasteiger partial charge in [0.1, 0.15) is 5.82 Å². The quantitative estimate of drug-likeness (QED) is 0.478. The van der Waals surface area contributed by atoms with E-state index in [1.54, 1.807) is 21.3 Å². The molecule has 182 valence electrons. The summed E-state index contributed by atoms with van der Waals surface area (Å²) in [6.07, 6.45) is 5.38. The topological polar surface area (TPSA) is 85.5 Å². The summed E-state index contributed by atoms with van der Waals surface area (Å²) >= 11 is 0. The van der Waals surface area contributed by atoms with E-state index in [2.05, 4.69) is 57.4 Å². The van der Waals surface area contributed by atoms with Gasteiger partial charge in [0, 0.05) is 29.5 Å². The summed E-state index contributed by atoms with van der Waals surface area (Å²) in [5, 5.41) is 3.85. The summed E-state index contributed by atoms with van der Waals surface area (Å²) in [6.45, 7) is 5.58. The van der Waals surface area contributed by atoms with Crippen LogP contribution in [0.15, 0.2) is 36.4 Å². The number of fused-ring (bicyclic) bond motifs is 1. The van der Waals surface area contributed by atoms with Gasteiger partial charge in [-0.1, -0.05) is 43.7 Å². The van der Waals surface area contributed by atoms with Gasteiger partial charge in [-0.2, -0.15) is 4.98 Å². The fraction of sp³-hybridized carbons (Fsp3) is 0.481. The minimum absolute atomic E-state index is 0.0370. The molecule has 34 heavy (non-hydrogen) atoms. The Kier molecular flexibility index (Phi) is 7.41. The number of hydrogen-bond donors (Lipinski definition) is 2. The van der Waals surface area contributed by atoms with Crippen molar-refractivity contribution in [2.24, 2.45) is 0 Å². The highest BCUT2D eigenvalue weighted by atomic mass is 16.5. The molecule has 1 aliphatic heterocycles. The van der Waals surface area contributed by atoms with Gasteiger partial charge in [0.2, 0.25) is 5.95 Å². The van der Waals surface area contributed by atoms with E-state index in [0.29, 0.717) is 23.3 Å². The van der Waals surface area contributed by atoms with Gasteiger partial charge in [-0.3, -0.25) is 0 Å². The number of aromatic nitrogens is 2. The van der Waals surface area contributed by atoms with E-state index in [1.165, 1.54) is 24.9 Å². The van der Waals surface area contributed by atoms with Crippen LogP contribution in [0.5, 0.6) is 11.5 Å². The largest absolute Gasteiger partial charge is 0.493 e. The maximum atomic E-state index is 6.52. The Bertz CT molecular complexity index is 1110. The molecule has 2 heterocycles. The maximum Gasteiger partial charge on any atom is 0.224 e. The Morgan fingerprint density at radius 3 is 2.44 bits per heavy atom. The fourth-order valence-corrected chi connectivity index (χ4v) is 5.30. The van der Waals surface area contributed by atoms with Crippen LogP contribution in [0.1, 0.15) is 43.7 Å². The minimum Gasteiger partial charge on any atom is -0.493 e. The third-order valence-electron chi connectivity index (χ3n) is 7.22. The van der Waals surface area contributed by atoms with Crippen LogP contribution >= 0.6 is 0 Å². The Hall–Kier alpha value is -3.06. The Morgan fingerprint density at radius 1 is 1.09 bits per heavy atom. The molecule has 0 aliphatic carbocycles. The summed E-state index contributed by atoms with van der Waals surface area (Å²) in [4.78, 5) is 11.8. The first-order valence-electron chi connectivity index (χ1n) is 12.2. The standard InChI is InChI=1S/C27H37N5O2/c1-5-6-14-32-15-12-27(13-16-32,19-10-8-7-9-11-19)18-20-23-21(17-22(33-3)24(20)34-4)30-26(29-2)31-25(23)28/h7-11,17H,5-6,12-16,18H2,1-4H3,(H3,28,29,30,31). The molecule has 0 unspecified atom stereocenters. The predicted molar refractivity (Wildman–Crippen MR) is 139 cm³/mol. The summed E-state index contributed by atoms with van der Waals surface area (Å²) in [7, 11) is 5.14. The smallest absolute Gasteiger partial charge is 0.224 e. The molecule has 0 atom stereocenters. The Balaban J connectivity index is 1.84. The molecule has 3 N–H and O–H groups in total. The molecule has 0 saturated carbocycles. The van der Waals surface area contributed by atoms with Crippen molar-refractivity contribution >= 4 is 22.7 Å². The first kappa shape index (κ1) is 24.1. The highest BCUT2D eigenvalue weighted by molar-refractivity contribution is 5.95. The second kappa shape index (κ2) is 10.5. The van der Waals surface area contributed by atoms with Gasteiger partial charge in [0.25, 0.3) is 0 Å². The molecule has 4 rings (SSSR count). The van der Waals surface area contributed by atoms with Crippen molar-refractivity contribution in [3.8, 4) is 11.5 Å². The van der Waals surface area contributed by atoms with Crippen molar-refractivity contribution in [2.45, 2.75) is 44.4 Å². The van der Waals surface area contributed by atoms with Gasteiger partial charge in [-0.15, -0.1) is 0 Å². The van der Waals surface area contributed by atoms with Crippen molar-refractivity contribution in [3.63, 3.8) is 0 Å². The molecule has 1 fully saturated rings. The molecule has 1 saturated heterocycles. The third kappa shape index (κ3) is 4.62. The maximum absolute atomic E-state index is 6.52. The number of ether oxygens (including phenoxy) is 2. The van der Waals surface area contributed by atoms with Crippen LogP contribution in [-0.4, -0.2) is 55.8 Å². The number of unbranched alkanes of at least 4 members (excludes halogenated alkanes) is 1. The second-order valence-electron chi connectivity index (χ2n) is 9.19. The van der Waals surface area contributed by atoms with Crippen LogP contribution in [-0.2, 0) is 11.8 Å². The number of benzene rings is 2. The zero-order valence-electron chi connectivity index (χ0n) is 20.9. The lowest BCUT2D eigenvalue weighted by Gasteiger charge is -2.43. The Morgan fingerprint density at radius 2 is 1.82 bits per heavy atom. The molecule has 7 nitrogen and oxygen atoms in total. The highest BCUT2D eigenvalue weighted by Crippen LogP contribution is 2.46. The molecule has 2 aromatic carbocycles. The van der Waals surface area contributed by atoms with Crippen LogP contribution < -0.4 is 20.5 Å². The fourth-order valence-electron chi connectivity index (χ4n) is 5.30. The number of nitrogen functional groups attached to an aromatic ring is 1. The van der Waals surface area contributed by atoms with Crippen LogP contribution in [0.25, 0.3) is 10.9 Å². The number of anilines is 2. The molecule has 1 aliphatic rings. The summed E-state index contributed by atoms with van der Waals surface area (Å²) < 4.78 is 11.7. The second-order valence-corrected chi connectivity index (χ2v) is 9.19. The molecule has 1 aromatic heterocycles. The van der Waals surface area contributed by atoms with Gasteiger partial charge in [-0.05, 0) is 50.9 Å². The lowest BCUT2D eigenvalue weighted by atomic mass is 9.68. The van der Waals surface area contributed by atoms with Gasteiger partial charge in [0.05, 0.1) is 19.7 Å². The number of methoxy groups -OCH3 is 2. The van der Waals surface area contributed by atoms with Crippen LogP contribution in [0.2, 0.25) is 0 Å². The lowest BCUT2D eigenvalue weighted by Crippen LogP contribution is -2.44. The zero-order chi connectivity index (χ0) is 24.1. The molecule has 0 spiro atoms. The highest BCUT2D eigenvalue weighted by Gasteiger charge is 2.38. The lowest BCUT2D eigenvalue weighted by molar-refractivity contribution is 0.155. The van der Waals surface area contributed by atoms with E-state index < -0.39 is 0 Å². The summed E-state index contributed by atoms with van der Waals surface area (Å²) in [5.74, 6) is 2.32. The number of nitrogens with one attached hydrogen (secondary N) is 1. The van der Waals surface area contributed by atoms with Crippen molar-refractivity contribution in [1.29, 1.82) is 0 Å². The molecular weight excluding hydrogens is 426 g/mol. The normalized spacial score (nSPS) is 15.9. The number of likely N-dealkylation sites (tertiary alicyclic amines) is 1. The van der Waals surface area contributed by atoms with Crippen molar-refractivity contribution in [1.82, 2.24) is 14.9 Å². The zero-order valence-corrected chi connectivity index (χ0v) is 20.9. The first-order valence-corrected chi connectivity index (χ1v) is 12.2. The van der Waals surface area contributed by atoms with Crippen LogP contribution in [0.4, 0.5) is 11.8 Å². The average Bonchev–Trinajstić information content (AvgIpc) is 2.88. The van der Waals surface area contributed by atoms with E-state index in [9.17, 15) is 0 Å². The van der Waals surface area contributed by atoms with E-state index in [0.717, 1.165) is 48.8 Å². The average molecular weight is 464 g/mol. The van der Waals surface area contributed by atoms with Crippen LogP contribution in [0.3, 0.4) is 0 Å². The number of nitrogens with two attached hydrogens (primary N) is 1. The van der Waals surface area contributed by atoms with Gasteiger partial charge < -0.3 is 25.4 Å². The first-order chi connectivity index (χ1) is 16.5. The minimum atomic E-state index is -0.0370. The third-order valence-corrected chi connectivity index (χ3v) is 7.22. The van der Waals surface area contributed by atoms with Crippen molar-refractivity contribution in [2.75, 3.05) is 52.0 Å². The molecular formula is C27H37N5O2. The number of nitrogens with zero attached hydrogens (tertiary/aromatic N) is 3. The van der Waals surface area contributed by atoms with E-state index in [1.807, 2.05) is 6.07 Å². The van der Waals surface area contributed by atoms with E-state index >= 15 is 0 Å². The van der Waals surface area contributed by atoms with E-state index in [4.69, 9.17) is 15.2 Å². The molecule has 0 radical (unpaired) electrons. The SMILES string of the molecule is CCCCN1CCC(Cc2c(OC)c(OC)cc3nc(NC)nc(N)c23)(c2ccccc2)CC1. The van der Waals surface area contributed by atoms with E-state index in [-0.39, 0.29) is 5.41 Å².